The largest absolute Gasteiger partial charge is 0.462 e. The summed E-state index contributed by atoms with van der Waals surface area (Å²) in [5, 5.41) is -1.42. The third-order valence-corrected chi connectivity index (χ3v) is 11.3. The Bertz CT molecular complexity index is 1430. The first-order chi connectivity index (χ1) is 22.8. The molecule has 48 heavy (non-hydrogen) atoms. The van der Waals surface area contributed by atoms with Gasteiger partial charge in [0.05, 0.1) is 43.3 Å². The zero-order valence-corrected chi connectivity index (χ0v) is 31.0. The number of benzene rings is 2. The summed E-state index contributed by atoms with van der Waals surface area (Å²) in [4.78, 5) is 52.3. The molecule has 2 aliphatic carbocycles. The van der Waals surface area contributed by atoms with Crippen LogP contribution >= 0.6 is 69.6 Å². The fraction of sp³-hybridized carbons (Fsp3) is 0.529. The third kappa shape index (κ3) is 9.64. The SMILES string of the molecule is CCC1CCC(CCOC(=O)c2c(Cl)c(Cl)cc(Cl)c2OC(=O)C(=O)Oc2c(Cl)cc(Cl)c(Cl)c2C(=O)OCCC2CCC(CC)C2)C1. The monoisotopic (exact) mass is 782 g/mol. The topological polar surface area (TPSA) is 105 Å². The zero-order chi connectivity index (χ0) is 35.1. The Kier molecular flexibility index (Phi) is 14.4. The normalized spacial score (nSPS) is 20.4. The Morgan fingerprint density at radius 1 is 0.583 bits per heavy atom. The van der Waals surface area contributed by atoms with Gasteiger partial charge in [-0.15, -0.1) is 0 Å². The Balaban J connectivity index is 1.46. The van der Waals surface area contributed by atoms with Gasteiger partial charge in [-0.05, 0) is 61.5 Å². The van der Waals surface area contributed by atoms with Crippen LogP contribution in [-0.4, -0.2) is 37.1 Å². The van der Waals surface area contributed by atoms with E-state index in [0.717, 1.165) is 63.5 Å². The van der Waals surface area contributed by atoms with Gasteiger partial charge in [0.1, 0.15) is 11.1 Å². The number of esters is 4. The maximum Gasteiger partial charge on any atom is 0.423 e. The van der Waals surface area contributed by atoms with E-state index in [0.29, 0.717) is 36.5 Å². The van der Waals surface area contributed by atoms with Crippen LogP contribution < -0.4 is 9.47 Å². The van der Waals surface area contributed by atoms with Crippen molar-refractivity contribution in [2.75, 3.05) is 13.2 Å². The average Bonchev–Trinajstić information content (AvgIpc) is 3.71. The molecule has 0 N–H and O–H groups in total. The molecule has 4 rings (SSSR count). The predicted molar refractivity (Wildman–Crippen MR) is 186 cm³/mol. The summed E-state index contributed by atoms with van der Waals surface area (Å²) >= 11 is 37.5. The van der Waals surface area contributed by atoms with Crippen LogP contribution in [0.5, 0.6) is 11.5 Å². The van der Waals surface area contributed by atoms with E-state index >= 15 is 0 Å². The van der Waals surface area contributed by atoms with Crippen LogP contribution in [0.2, 0.25) is 30.1 Å². The molecule has 8 nitrogen and oxygen atoms in total. The van der Waals surface area contributed by atoms with Crippen molar-refractivity contribution in [1.82, 2.24) is 0 Å². The molecule has 0 saturated heterocycles. The van der Waals surface area contributed by atoms with Crippen molar-refractivity contribution >= 4 is 93.5 Å². The Morgan fingerprint density at radius 2 is 0.938 bits per heavy atom. The number of rotatable bonds is 12. The van der Waals surface area contributed by atoms with Crippen LogP contribution in [0.15, 0.2) is 12.1 Å². The summed E-state index contributed by atoms with van der Waals surface area (Å²) in [5.41, 5.74) is -0.893. The van der Waals surface area contributed by atoms with E-state index in [9.17, 15) is 19.2 Å². The fourth-order valence-electron chi connectivity index (χ4n) is 6.39. The van der Waals surface area contributed by atoms with Gasteiger partial charge in [-0.2, -0.15) is 0 Å². The maximum absolute atomic E-state index is 13.1. The number of hydrogen-bond acceptors (Lipinski definition) is 8. The minimum absolute atomic E-state index is 0.0877. The Hall–Kier alpha value is -1.94. The van der Waals surface area contributed by atoms with Crippen molar-refractivity contribution in [3.8, 4) is 11.5 Å². The number of hydrogen-bond donors (Lipinski definition) is 0. The van der Waals surface area contributed by atoms with Gasteiger partial charge in [-0.1, -0.05) is 122 Å². The van der Waals surface area contributed by atoms with E-state index in [1.165, 1.54) is 0 Å². The third-order valence-electron chi connectivity index (χ3n) is 9.19. The van der Waals surface area contributed by atoms with Crippen molar-refractivity contribution in [3.63, 3.8) is 0 Å². The highest BCUT2D eigenvalue weighted by molar-refractivity contribution is 6.47. The van der Waals surface area contributed by atoms with Crippen LogP contribution in [0.4, 0.5) is 0 Å². The Morgan fingerprint density at radius 3 is 1.27 bits per heavy atom. The summed E-state index contributed by atoms with van der Waals surface area (Å²) in [6, 6.07) is 2.27. The van der Waals surface area contributed by atoms with Gasteiger partial charge in [0, 0.05) is 0 Å². The smallest absolute Gasteiger partial charge is 0.423 e. The maximum atomic E-state index is 13.1. The quantitative estimate of drug-likeness (QED) is 0.0907. The lowest BCUT2D eigenvalue weighted by Crippen LogP contribution is -2.27. The molecule has 0 amide bonds. The van der Waals surface area contributed by atoms with Crippen molar-refractivity contribution < 1.29 is 38.1 Å². The number of carbonyl (C=O) groups excluding carboxylic acids is 4. The molecule has 262 valence electrons. The lowest BCUT2D eigenvalue weighted by Gasteiger charge is -2.16. The van der Waals surface area contributed by atoms with E-state index in [-0.39, 0.29) is 43.3 Å². The molecular formula is C34H36Cl6O8. The molecule has 0 spiro atoms. The standard InChI is InChI=1S/C34H36Cl6O8/c1-3-17-5-7-19(13-17)9-11-45-31(41)25-27(39)21(35)15-23(37)29(25)47-33(43)34(44)48-30-24(38)16-22(36)28(40)26(30)32(42)46-12-10-20-8-6-18(4-2)14-20/h15-20H,3-14H2,1-2H3. The molecular weight excluding hydrogens is 749 g/mol. The first kappa shape index (κ1) is 38.9. The Labute approximate surface area is 309 Å². The van der Waals surface area contributed by atoms with E-state index in [2.05, 4.69) is 13.8 Å². The molecule has 2 aromatic rings. The molecule has 2 saturated carbocycles. The molecule has 0 aliphatic heterocycles. The average molecular weight is 785 g/mol. The second-order valence-electron chi connectivity index (χ2n) is 12.3. The molecule has 0 radical (unpaired) electrons. The molecule has 2 fully saturated rings. The summed E-state index contributed by atoms with van der Waals surface area (Å²) in [5.74, 6) is -4.14. The van der Waals surface area contributed by atoms with Gasteiger partial charge in [0.2, 0.25) is 0 Å². The van der Waals surface area contributed by atoms with Crippen LogP contribution in [-0.2, 0) is 19.1 Å². The van der Waals surface area contributed by atoms with Crippen LogP contribution in [0.1, 0.15) is 98.8 Å². The van der Waals surface area contributed by atoms with Crippen LogP contribution in [0.25, 0.3) is 0 Å². The second kappa shape index (κ2) is 17.8. The summed E-state index contributed by atoms with van der Waals surface area (Å²) < 4.78 is 21.3. The molecule has 4 atom stereocenters. The number of ether oxygens (including phenoxy) is 4. The van der Waals surface area contributed by atoms with Gasteiger partial charge in [-0.3, -0.25) is 0 Å². The lowest BCUT2D eigenvalue weighted by atomic mass is 10.0. The fourth-order valence-corrected chi connectivity index (χ4v) is 7.83. The molecule has 4 unspecified atom stereocenters. The van der Waals surface area contributed by atoms with Gasteiger partial charge < -0.3 is 18.9 Å². The van der Waals surface area contributed by atoms with Crippen molar-refractivity contribution in [2.45, 2.75) is 78.1 Å². The highest BCUT2D eigenvalue weighted by Crippen LogP contribution is 2.42. The minimum Gasteiger partial charge on any atom is -0.462 e. The summed E-state index contributed by atoms with van der Waals surface area (Å²) in [6.45, 7) is 4.49. The second-order valence-corrected chi connectivity index (χ2v) is 14.6. The van der Waals surface area contributed by atoms with Crippen molar-refractivity contribution in [1.29, 1.82) is 0 Å². The molecule has 0 heterocycles. The molecule has 2 aliphatic rings. The highest BCUT2D eigenvalue weighted by Gasteiger charge is 2.33. The van der Waals surface area contributed by atoms with E-state index in [1.807, 2.05) is 0 Å². The summed E-state index contributed by atoms with van der Waals surface area (Å²) in [7, 11) is 0. The van der Waals surface area contributed by atoms with Gasteiger partial charge in [-0.25, -0.2) is 19.2 Å². The number of carbonyl (C=O) groups is 4. The lowest BCUT2D eigenvalue weighted by molar-refractivity contribution is -0.156. The van der Waals surface area contributed by atoms with Crippen molar-refractivity contribution in [2.24, 2.45) is 23.7 Å². The zero-order valence-electron chi connectivity index (χ0n) is 26.5. The highest BCUT2D eigenvalue weighted by atomic mass is 35.5. The van der Waals surface area contributed by atoms with Crippen LogP contribution in [0, 0.1) is 23.7 Å². The van der Waals surface area contributed by atoms with Crippen molar-refractivity contribution in [3.05, 3.63) is 53.4 Å². The van der Waals surface area contributed by atoms with Gasteiger partial charge in [0.15, 0.2) is 11.5 Å². The van der Waals surface area contributed by atoms with Gasteiger partial charge in [0.25, 0.3) is 0 Å². The molecule has 0 bridgehead atoms. The number of halogens is 6. The van der Waals surface area contributed by atoms with E-state index < -0.39 is 46.5 Å². The first-order valence-electron chi connectivity index (χ1n) is 16.0. The van der Waals surface area contributed by atoms with E-state index in [4.69, 9.17) is 88.6 Å². The minimum atomic E-state index is -1.63. The first-order valence-corrected chi connectivity index (χ1v) is 18.2. The summed E-state index contributed by atoms with van der Waals surface area (Å²) in [6.07, 6.45) is 9.98. The predicted octanol–water partition coefficient (Wildman–Crippen LogP) is 10.9. The molecule has 2 aromatic carbocycles. The van der Waals surface area contributed by atoms with Gasteiger partial charge >= 0.3 is 23.9 Å². The van der Waals surface area contributed by atoms with Crippen LogP contribution in [0.3, 0.4) is 0 Å². The molecule has 14 heteroatoms. The van der Waals surface area contributed by atoms with E-state index in [1.54, 1.807) is 0 Å². The molecule has 0 aromatic heterocycles.